The number of allylic oxidation sites excluding steroid dienone is 7. The van der Waals surface area contributed by atoms with Crippen LogP contribution >= 0.6 is 11.3 Å². The Balaban J connectivity index is 0.698. The zero-order valence-electron chi connectivity index (χ0n) is 48.6. The van der Waals surface area contributed by atoms with E-state index in [1.54, 1.807) is 17.4 Å². The third-order valence-electron chi connectivity index (χ3n) is 19.4. The smallest absolute Gasteiger partial charge is 0.246 e. The molecule has 3 saturated carbocycles. The van der Waals surface area contributed by atoms with Crippen LogP contribution in [0.25, 0.3) is 10.4 Å². The summed E-state index contributed by atoms with van der Waals surface area (Å²) in [5.74, 6) is -1.36. The highest BCUT2D eigenvalue weighted by Gasteiger charge is 2.67. The Morgan fingerprint density at radius 2 is 1.49 bits per heavy atom. The van der Waals surface area contributed by atoms with E-state index in [-0.39, 0.29) is 83.8 Å². The monoisotopic (exact) mass is 1110 g/mol. The number of β-amino-alcohol motifs (C(OH)–C–C–N with tert-alkyl or cyclic N) is 1. The Bertz CT molecular complexity index is 2760. The van der Waals surface area contributed by atoms with Crippen molar-refractivity contribution in [3.8, 4) is 10.4 Å². The Morgan fingerprint density at radius 1 is 0.848 bits per heavy atom. The van der Waals surface area contributed by atoms with Crippen LogP contribution in [0, 0.1) is 45.3 Å². The topological polar surface area (TPSA) is 215 Å². The first-order valence-corrected chi connectivity index (χ1v) is 29.4. The van der Waals surface area contributed by atoms with Crippen LogP contribution in [0.2, 0.25) is 0 Å². The van der Waals surface area contributed by atoms with Crippen molar-refractivity contribution in [3.63, 3.8) is 0 Å². The molecular weight excluding hydrogens is 1020 g/mol. The van der Waals surface area contributed by atoms with E-state index in [4.69, 9.17) is 18.9 Å². The molecule has 0 bridgehead atoms. The number of aliphatic hydroxyl groups is 2. The number of hydrogen-bond acceptors (Lipinski definition) is 13. The van der Waals surface area contributed by atoms with Crippen molar-refractivity contribution >= 4 is 40.7 Å². The molecule has 0 radical (unpaired) electrons. The van der Waals surface area contributed by atoms with E-state index < -0.39 is 40.8 Å². The van der Waals surface area contributed by atoms with Gasteiger partial charge in [-0.25, -0.2) is 4.98 Å². The molecule has 432 valence electrons. The van der Waals surface area contributed by atoms with Crippen molar-refractivity contribution in [2.24, 2.45) is 38.4 Å². The number of aliphatic hydroxyl groups excluding tert-OH is 2. The van der Waals surface area contributed by atoms with Gasteiger partial charge in [-0.3, -0.25) is 24.0 Å². The average molecular weight is 1110 g/mol. The van der Waals surface area contributed by atoms with E-state index in [9.17, 15) is 34.2 Å². The second-order valence-electron chi connectivity index (χ2n) is 25.6. The number of rotatable bonds is 21. The van der Waals surface area contributed by atoms with Crippen molar-refractivity contribution in [1.29, 1.82) is 0 Å². The van der Waals surface area contributed by atoms with Gasteiger partial charge in [0, 0.05) is 35.9 Å². The van der Waals surface area contributed by atoms with E-state index in [2.05, 4.69) is 67.7 Å². The quantitative estimate of drug-likeness (QED) is 0.0744. The van der Waals surface area contributed by atoms with Crippen LogP contribution in [0.4, 0.5) is 0 Å². The van der Waals surface area contributed by atoms with E-state index in [1.165, 1.54) is 10.5 Å². The maximum Gasteiger partial charge on any atom is 0.246 e. The number of benzene rings is 1. The molecule has 10 unspecified atom stereocenters. The maximum atomic E-state index is 14.1. The number of amides is 4. The summed E-state index contributed by atoms with van der Waals surface area (Å²) in [6.07, 6.45) is 12.0. The third-order valence-corrected chi connectivity index (χ3v) is 20.3. The first-order chi connectivity index (χ1) is 37.3. The summed E-state index contributed by atoms with van der Waals surface area (Å²) in [4.78, 5) is 74.6. The largest absolute Gasteiger partial charge is 0.504 e. The standard InChI is InChI=1S/C62H87N5O11S/c1-38-44-16-17-48-60(9,45(44)33-47(69)51(38)71)21-23-62(11)49-34-59(8,19-18-58(49,7)20-22-61(48,62)10)56(74)63-24-25-75-26-27-76-28-29-77-30-31-78-36-50(70)66-53(57(4,5)6)55(73)67-35-43(68)32-46(67)54(72)65-39(2)41-12-14-42(15-13-41)52-40(3)64-37-79-52/h12-17,33,37,39,43,46,49,53,68,71H,18-32,34-36H2,1-11H3,(H,63,74)(H,65,72)(H,66,70). The SMILES string of the molecule is CC1=C(O)C(=O)C=C2C1=CC=C1C2(C)CCC2(C)C3CC(C)(C(=O)NCCOCCOCCOCCOCC(=O)NC(C(=O)N4CC(O)CC4C(=O)NC(C)c4ccc(-c5scnc5C)cc4)C(C)(C)C)CCC3(C)CCC12C. The summed E-state index contributed by atoms with van der Waals surface area (Å²) in [6, 6.07) is 5.68. The van der Waals surface area contributed by atoms with Gasteiger partial charge in [0.2, 0.25) is 29.4 Å². The number of nitrogens with zero attached hydrogens (tertiary/aromatic N) is 2. The molecule has 5 N–H and O–H groups in total. The fourth-order valence-electron chi connectivity index (χ4n) is 14.2. The summed E-state index contributed by atoms with van der Waals surface area (Å²) in [6.45, 7) is 25.2. The molecule has 1 saturated heterocycles. The molecule has 1 aromatic heterocycles. The van der Waals surface area contributed by atoms with Crippen LogP contribution < -0.4 is 16.0 Å². The Kier molecular flexibility index (Phi) is 18.1. The van der Waals surface area contributed by atoms with Crippen LogP contribution in [0.15, 0.2) is 76.1 Å². The number of carbonyl (C=O) groups excluding carboxylic acids is 5. The van der Waals surface area contributed by atoms with Crippen LogP contribution in [-0.4, -0.2) is 134 Å². The summed E-state index contributed by atoms with van der Waals surface area (Å²) in [7, 11) is 0. The molecule has 16 nitrogen and oxygen atoms in total. The van der Waals surface area contributed by atoms with E-state index in [1.807, 2.05) is 71.3 Å². The van der Waals surface area contributed by atoms with Gasteiger partial charge < -0.3 is 50.0 Å². The number of hydrogen-bond donors (Lipinski definition) is 5. The fraction of sp³-hybridized carbons (Fsp3) is 0.645. The van der Waals surface area contributed by atoms with Gasteiger partial charge >= 0.3 is 0 Å². The highest BCUT2D eigenvalue weighted by Crippen LogP contribution is 2.75. The molecule has 1 aliphatic heterocycles. The number of ether oxygens (including phenoxy) is 4. The molecule has 5 aliphatic carbocycles. The van der Waals surface area contributed by atoms with Crippen molar-refractivity contribution in [2.45, 2.75) is 152 Å². The van der Waals surface area contributed by atoms with E-state index >= 15 is 0 Å². The summed E-state index contributed by atoms with van der Waals surface area (Å²) >= 11 is 1.57. The normalized spacial score (nSPS) is 30.2. The first kappa shape index (κ1) is 60.1. The minimum absolute atomic E-state index is 0.0273. The summed E-state index contributed by atoms with van der Waals surface area (Å²) in [5, 5.41) is 30.2. The molecule has 2 heterocycles. The molecule has 10 atom stereocenters. The molecule has 17 heteroatoms. The number of carbonyl (C=O) groups is 5. The molecule has 1 aromatic carbocycles. The predicted octanol–water partition coefficient (Wildman–Crippen LogP) is 8.60. The molecule has 2 aromatic rings. The second-order valence-corrected chi connectivity index (χ2v) is 26.5. The van der Waals surface area contributed by atoms with Gasteiger partial charge in [0.25, 0.3) is 0 Å². The lowest BCUT2D eigenvalue weighted by Crippen LogP contribution is -2.62. The average Bonchev–Trinajstić information content (AvgIpc) is 4.15. The number of ketones is 1. The highest BCUT2D eigenvalue weighted by molar-refractivity contribution is 7.13. The zero-order chi connectivity index (χ0) is 57.3. The second kappa shape index (κ2) is 23.8. The van der Waals surface area contributed by atoms with Crippen LogP contribution in [0.1, 0.15) is 138 Å². The maximum absolute atomic E-state index is 14.1. The Labute approximate surface area is 471 Å². The van der Waals surface area contributed by atoms with Gasteiger partial charge in [0.15, 0.2) is 5.76 Å². The lowest BCUT2D eigenvalue weighted by Gasteiger charge is -2.70. The van der Waals surface area contributed by atoms with Gasteiger partial charge in [-0.15, -0.1) is 11.3 Å². The minimum Gasteiger partial charge on any atom is -0.504 e. The fourth-order valence-corrected chi connectivity index (χ4v) is 15.0. The Hall–Kier alpha value is -5.04. The highest BCUT2D eigenvalue weighted by atomic mass is 32.1. The molecule has 0 spiro atoms. The van der Waals surface area contributed by atoms with Crippen LogP contribution in [0.5, 0.6) is 0 Å². The van der Waals surface area contributed by atoms with Gasteiger partial charge in [0.05, 0.1) is 74.5 Å². The molecule has 79 heavy (non-hydrogen) atoms. The van der Waals surface area contributed by atoms with Gasteiger partial charge in [0.1, 0.15) is 18.7 Å². The van der Waals surface area contributed by atoms with Crippen molar-refractivity contribution in [3.05, 3.63) is 87.3 Å². The number of nitrogens with one attached hydrogen (secondary N) is 3. The van der Waals surface area contributed by atoms with Crippen LogP contribution in [0.3, 0.4) is 0 Å². The predicted molar refractivity (Wildman–Crippen MR) is 304 cm³/mol. The minimum atomic E-state index is -0.981. The van der Waals surface area contributed by atoms with Crippen molar-refractivity contribution in [2.75, 3.05) is 65.9 Å². The van der Waals surface area contributed by atoms with Crippen molar-refractivity contribution in [1.82, 2.24) is 25.8 Å². The molecule has 6 aliphatic rings. The lowest BCUT2D eigenvalue weighted by molar-refractivity contribution is -0.169. The zero-order valence-corrected chi connectivity index (χ0v) is 49.4. The van der Waals surface area contributed by atoms with Gasteiger partial charge in [-0.1, -0.05) is 97.4 Å². The summed E-state index contributed by atoms with van der Waals surface area (Å²) in [5.41, 5.74) is 7.23. The molecule has 4 amide bonds. The molecule has 4 fully saturated rings. The number of aryl methyl sites for hydroxylation is 1. The number of fused-ring (bicyclic) bond motifs is 7. The number of likely N-dealkylation sites (tertiary alicyclic amines) is 1. The summed E-state index contributed by atoms with van der Waals surface area (Å²) < 4.78 is 22.7. The number of aromatic nitrogens is 1. The third kappa shape index (κ3) is 12.1. The first-order valence-electron chi connectivity index (χ1n) is 28.5. The lowest BCUT2D eigenvalue weighted by atomic mass is 9.34. The molecular formula is C62H87N5O11S. The van der Waals surface area contributed by atoms with E-state index in [0.29, 0.717) is 51.1 Å². The van der Waals surface area contributed by atoms with Gasteiger partial charge in [-0.05, 0) is 122 Å². The van der Waals surface area contributed by atoms with Gasteiger partial charge in [-0.2, -0.15) is 0 Å². The van der Waals surface area contributed by atoms with Crippen LogP contribution in [-0.2, 0) is 42.9 Å². The van der Waals surface area contributed by atoms with E-state index in [0.717, 1.165) is 77.8 Å². The van der Waals surface area contributed by atoms with Crippen molar-refractivity contribution < 1.29 is 53.1 Å². The molecule has 8 rings (SSSR count). The Morgan fingerprint density at radius 3 is 2.14 bits per heavy atom. The number of thiazole rings is 1.